The molecule has 6 heteroatoms. The fraction of sp³-hybridized carbons (Fsp3) is 0.583. The Morgan fingerprint density at radius 3 is 2.72 bits per heavy atom. The van der Waals surface area contributed by atoms with Crippen LogP contribution in [0, 0.1) is 0 Å². The molecule has 2 aromatic heterocycles. The van der Waals surface area contributed by atoms with E-state index in [1.54, 1.807) is 4.52 Å². The molecule has 5 nitrogen and oxygen atoms in total. The monoisotopic (exact) mass is 267 g/mol. The normalized spacial score (nSPS) is 13.2. The van der Waals surface area contributed by atoms with Crippen LogP contribution in [0.15, 0.2) is 6.33 Å². The predicted molar refractivity (Wildman–Crippen MR) is 73.3 cm³/mol. The van der Waals surface area contributed by atoms with Crippen LogP contribution >= 0.6 is 11.6 Å². The first kappa shape index (κ1) is 13.1. The highest BCUT2D eigenvalue weighted by atomic mass is 35.5. The second-order valence-electron chi connectivity index (χ2n) is 4.75. The van der Waals surface area contributed by atoms with Crippen molar-refractivity contribution in [1.29, 1.82) is 0 Å². The Bertz CT molecular complexity index is 549. The molecule has 1 atom stereocenters. The van der Waals surface area contributed by atoms with E-state index < -0.39 is 0 Å². The summed E-state index contributed by atoms with van der Waals surface area (Å²) >= 11 is 6.25. The van der Waals surface area contributed by atoms with E-state index in [4.69, 9.17) is 11.6 Å². The number of halogens is 1. The van der Waals surface area contributed by atoms with E-state index in [1.807, 2.05) is 0 Å². The molecular formula is C12H18ClN5. The van der Waals surface area contributed by atoms with Crippen molar-refractivity contribution >= 4 is 23.2 Å². The van der Waals surface area contributed by atoms with Crippen molar-refractivity contribution < 1.29 is 0 Å². The summed E-state index contributed by atoms with van der Waals surface area (Å²) in [5, 5.41) is 8.16. The highest BCUT2D eigenvalue weighted by Crippen LogP contribution is 2.30. The molecule has 0 saturated heterocycles. The largest absolute Gasteiger partial charge is 0.367 e. The summed E-state index contributed by atoms with van der Waals surface area (Å²) in [6.07, 6.45) is 2.51. The smallest absolute Gasteiger partial charge is 0.255 e. The van der Waals surface area contributed by atoms with Gasteiger partial charge in [0.25, 0.3) is 5.78 Å². The molecule has 2 heterocycles. The summed E-state index contributed by atoms with van der Waals surface area (Å²) in [5.41, 5.74) is 0.981. The molecular weight excluding hydrogens is 250 g/mol. The van der Waals surface area contributed by atoms with E-state index in [2.05, 4.69) is 48.1 Å². The van der Waals surface area contributed by atoms with Crippen molar-refractivity contribution in [1.82, 2.24) is 19.6 Å². The van der Waals surface area contributed by atoms with Gasteiger partial charge in [-0.05, 0) is 19.3 Å². The van der Waals surface area contributed by atoms with Gasteiger partial charge in [-0.15, -0.1) is 0 Å². The van der Waals surface area contributed by atoms with Crippen LogP contribution < -0.4 is 5.32 Å². The van der Waals surface area contributed by atoms with E-state index in [0.29, 0.717) is 17.0 Å². The van der Waals surface area contributed by atoms with Crippen LogP contribution in [0.1, 0.15) is 45.6 Å². The molecule has 0 radical (unpaired) electrons. The maximum absolute atomic E-state index is 6.25. The van der Waals surface area contributed by atoms with Crippen LogP contribution in [-0.4, -0.2) is 25.6 Å². The lowest BCUT2D eigenvalue weighted by Gasteiger charge is -2.19. The van der Waals surface area contributed by atoms with Crippen LogP contribution in [0.3, 0.4) is 0 Å². The highest BCUT2D eigenvalue weighted by Gasteiger charge is 2.19. The first-order valence-electron chi connectivity index (χ1n) is 6.20. The average molecular weight is 268 g/mol. The zero-order valence-corrected chi connectivity index (χ0v) is 11.9. The molecule has 0 bridgehead atoms. The number of aromatic nitrogens is 4. The molecule has 0 aliphatic heterocycles. The lowest BCUT2D eigenvalue weighted by atomic mass is 10.1. The van der Waals surface area contributed by atoms with E-state index in [-0.39, 0.29) is 5.92 Å². The Kier molecular flexibility index (Phi) is 3.71. The molecule has 0 aliphatic rings. The molecule has 0 aromatic carbocycles. The maximum atomic E-state index is 6.25. The zero-order chi connectivity index (χ0) is 13.3. The Balaban J connectivity index is 2.63. The number of nitrogens with zero attached hydrogens (tertiary/aromatic N) is 4. The zero-order valence-electron chi connectivity index (χ0n) is 11.1. The number of rotatable bonds is 4. The second kappa shape index (κ2) is 5.10. The Morgan fingerprint density at radius 2 is 2.11 bits per heavy atom. The fourth-order valence-corrected chi connectivity index (χ4v) is 2.20. The van der Waals surface area contributed by atoms with Crippen LogP contribution in [-0.2, 0) is 0 Å². The van der Waals surface area contributed by atoms with E-state index in [1.165, 1.54) is 6.33 Å². The third kappa shape index (κ3) is 2.27. The van der Waals surface area contributed by atoms with Gasteiger partial charge in [0.2, 0.25) is 0 Å². The van der Waals surface area contributed by atoms with Crippen LogP contribution in [0.4, 0.5) is 5.82 Å². The van der Waals surface area contributed by atoms with Gasteiger partial charge in [0.1, 0.15) is 17.3 Å². The second-order valence-corrected chi connectivity index (χ2v) is 5.10. The molecule has 0 saturated carbocycles. The SMILES string of the molecule is CC[C@@H](C)Nc1c(C(C)C)c(Cl)nc2ncnn12. The molecule has 98 valence electrons. The molecule has 1 N–H and O–H groups in total. The fourth-order valence-electron chi connectivity index (χ4n) is 1.82. The van der Waals surface area contributed by atoms with Gasteiger partial charge in [0.05, 0.1) is 0 Å². The molecule has 18 heavy (non-hydrogen) atoms. The number of anilines is 1. The van der Waals surface area contributed by atoms with E-state index in [0.717, 1.165) is 17.8 Å². The van der Waals surface area contributed by atoms with Crippen LogP contribution in [0.25, 0.3) is 5.78 Å². The lowest BCUT2D eigenvalue weighted by Crippen LogP contribution is -2.19. The quantitative estimate of drug-likeness (QED) is 0.865. The summed E-state index contributed by atoms with van der Waals surface area (Å²) in [6.45, 7) is 8.44. The van der Waals surface area contributed by atoms with Gasteiger partial charge in [-0.3, -0.25) is 0 Å². The van der Waals surface area contributed by atoms with Crippen LogP contribution in [0.2, 0.25) is 5.15 Å². The van der Waals surface area contributed by atoms with Gasteiger partial charge >= 0.3 is 0 Å². The van der Waals surface area contributed by atoms with Gasteiger partial charge < -0.3 is 5.32 Å². The minimum Gasteiger partial charge on any atom is -0.367 e. The Labute approximate surface area is 112 Å². The average Bonchev–Trinajstić information content (AvgIpc) is 2.75. The van der Waals surface area contributed by atoms with Gasteiger partial charge in [0.15, 0.2) is 0 Å². The minimum absolute atomic E-state index is 0.269. The van der Waals surface area contributed by atoms with Crippen molar-refractivity contribution in [3.63, 3.8) is 0 Å². The lowest BCUT2D eigenvalue weighted by molar-refractivity contribution is 0.735. The third-order valence-electron chi connectivity index (χ3n) is 2.99. The van der Waals surface area contributed by atoms with Crippen molar-refractivity contribution in [2.24, 2.45) is 0 Å². The van der Waals surface area contributed by atoms with Crippen molar-refractivity contribution in [3.05, 3.63) is 17.0 Å². The number of hydrogen-bond acceptors (Lipinski definition) is 4. The van der Waals surface area contributed by atoms with Crippen molar-refractivity contribution in [3.8, 4) is 0 Å². The summed E-state index contributed by atoms with van der Waals surface area (Å²) in [4.78, 5) is 8.36. The van der Waals surface area contributed by atoms with Crippen molar-refractivity contribution in [2.45, 2.75) is 46.1 Å². The van der Waals surface area contributed by atoms with E-state index >= 15 is 0 Å². The number of fused-ring (bicyclic) bond motifs is 1. The highest BCUT2D eigenvalue weighted by molar-refractivity contribution is 6.30. The van der Waals surface area contributed by atoms with Gasteiger partial charge in [-0.2, -0.15) is 19.6 Å². The first-order valence-corrected chi connectivity index (χ1v) is 6.58. The number of nitrogens with one attached hydrogen (secondary N) is 1. The molecule has 0 fully saturated rings. The summed E-state index contributed by atoms with van der Waals surface area (Å²) in [7, 11) is 0. The molecule has 0 spiro atoms. The first-order chi connectivity index (χ1) is 8.54. The van der Waals surface area contributed by atoms with Gasteiger partial charge in [-0.25, -0.2) is 0 Å². The third-order valence-corrected chi connectivity index (χ3v) is 3.28. The molecule has 0 aliphatic carbocycles. The molecule has 2 aromatic rings. The van der Waals surface area contributed by atoms with E-state index in [9.17, 15) is 0 Å². The summed E-state index contributed by atoms with van der Waals surface area (Å²) < 4.78 is 1.72. The summed E-state index contributed by atoms with van der Waals surface area (Å²) in [6, 6.07) is 0.341. The number of hydrogen-bond donors (Lipinski definition) is 1. The van der Waals surface area contributed by atoms with Crippen molar-refractivity contribution in [2.75, 3.05) is 5.32 Å². The van der Waals surface area contributed by atoms with Gasteiger partial charge in [0, 0.05) is 11.6 Å². The standard InChI is InChI=1S/C12H18ClN5/c1-5-8(4)16-11-9(7(2)3)10(13)17-12-14-6-15-18(11)12/h6-8,16H,5H2,1-4H3/t8-/m1/s1. The molecule has 0 amide bonds. The van der Waals surface area contributed by atoms with Crippen LogP contribution in [0.5, 0.6) is 0 Å². The topological polar surface area (TPSA) is 55.1 Å². The molecule has 0 unspecified atom stereocenters. The predicted octanol–water partition coefficient (Wildman–Crippen LogP) is 3.11. The molecule has 2 rings (SSSR count). The summed E-state index contributed by atoms with van der Waals surface area (Å²) in [5.74, 6) is 1.69. The van der Waals surface area contributed by atoms with Gasteiger partial charge in [-0.1, -0.05) is 32.4 Å². The maximum Gasteiger partial charge on any atom is 0.255 e. The minimum atomic E-state index is 0.269. The Hall–Kier alpha value is -1.36. The Morgan fingerprint density at radius 1 is 1.39 bits per heavy atom.